The third kappa shape index (κ3) is 15.5. The summed E-state index contributed by atoms with van der Waals surface area (Å²) in [7, 11) is -4.41. The van der Waals surface area contributed by atoms with E-state index in [1.807, 2.05) is 0 Å². The van der Waals surface area contributed by atoms with Crippen molar-refractivity contribution in [2.45, 2.75) is 78.7 Å². The van der Waals surface area contributed by atoms with Crippen molar-refractivity contribution in [2.75, 3.05) is 46.0 Å². The second-order valence-electron chi connectivity index (χ2n) is 10.5. The van der Waals surface area contributed by atoms with Crippen LogP contribution in [0.1, 0.15) is 19.8 Å². The standard InChI is InChI=1S/C19H48NO3Si3/c1-11-12-13-20(14-17-21-24(2,3)4,15-18-22-25(5,6)7)16-19-23-26(8,9)10/h11-19H2,1-10H3/q+1. The van der Waals surface area contributed by atoms with Crippen LogP contribution in [0, 0.1) is 0 Å². The Kier molecular flexibility index (Phi) is 11.7. The van der Waals surface area contributed by atoms with Crippen LogP contribution in [0.3, 0.4) is 0 Å². The van der Waals surface area contributed by atoms with Crippen LogP contribution < -0.4 is 0 Å². The van der Waals surface area contributed by atoms with Crippen molar-refractivity contribution in [3.05, 3.63) is 0 Å². The molecule has 0 aliphatic heterocycles. The van der Waals surface area contributed by atoms with Crippen LogP contribution in [0.5, 0.6) is 0 Å². The predicted octanol–water partition coefficient (Wildman–Crippen LogP) is 5.16. The van der Waals surface area contributed by atoms with Gasteiger partial charge >= 0.3 is 0 Å². The summed E-state index contributed by atoms with van der Waals surface area (Å²) in [4.78, 5) is 0. The second-order valence-corrected chi connectivity index (χ2v) is 24.0. The van der Waals surface area contributed by atoms with Crippen LogP contribution in [0.25, 0.3) is 0 Å². The quantitative estimate of drug-likeness (QED) is 0.269. The maximum atomic E-state index is 6.22. The molecule has 0 saturated heterocycles. The lowest BCUT2D eigenvalue weighted by Crippen LogP contribution is -2.56. The fourth-order valence-electron chi connectivity index (χ4n) is 2.80. The van der Waals surface area contributed by atoms with Gasteiger partial charge < -0.3 is 17.8 Å². The summed E-state index contributed by atoms with van der Waals surface area (Å²) in [6.07, 6.45) is 2.49. The Balaban J connectivity index is 5.01. The Morgan fingerprint density at radius 3 is 1.08 bits per heavy atom. The van der Waals surface area contributed by atoms with E-state index in [1.54, 1.807) is 0 Å². The van der Waals surface area contributed by atoms with Crippen LogP contribution in [-0.2, 0) is 13.3 Å². The lowest BCUT2D eigenvalue weighted by molar-refractivity contribution is -0.928. The van der Waals surface area contributed by atoms with Crippen molar-refractivity contribution >= 4 is 25.0 Å². The minimum absolute atomic E-state index is 0.860. The molecule has 0 fully saturated rings. The summed E-state index contributed by atoms with van der Waals surface area (Å²) in [5.41, 5.74) is 0. The third-order valence-electron chi connectivity index (χ3n) is 4.29. The van der Waals surface area contributed by atoms with Gasteiger partial charge in [-0.15, -0.1) is 0 Å². The van der Waals surface area contributed by atoms with Crippen LogP contribution in [0.2, 0.25) is 58.9 Å². The number of nitrogens with zero attached hydrogens (tertiary/aromatic N) is 1. The highest BCUT2D eigenvalue weighted by Crippen LogP contribution is 2.15. The highest BCUT2D eigenvalue weighted by molar-refractivity contribution is 6.70. The number of hydrogen-bond donors (Lipinski definition) is 0. The molecule has 0 heterocycles. The van der Waals surface area contributed by atoms with Gasteiger partial charge in [0.15, 0.2) is 25.0 Å². The first kappa shape index (κ1) is 26.5. The predicted molar refractivity (Wildman–Crippen MR) is 123 cm³/mol. The maximum absolute atomic E-state index is 6.22. The van der Waals surface area contributed by atoms with Crippen molar-refractivity contribution in [1.29, 1.82) is 0 Å². The van der Waals surface area contributed by atoms with Gasteiger partial charge in [-0.25, -0.2) is 0 Å². The molecule has 0 N–H and O–H groups in total. The van der Waals surface area contributed by atoms with Gasteiger partial charge in [-0.05, 0) is 65.3 Å². The van der Waals surface area contributed by atoms with Crippen molar-refractivity contribution in [3.8, 4) is 0 Å². The van der Waals surface area contributed by atoms with Gasteiger partial charge in [-0.3, -0.25) is 0 Å². The summed E-state index contributed by atoms with van der Waals surface area (Å²) in [6, 6.07) is 0. The summed E-state index contributed by atoms with van der Waals surface area (Å²) in [5, 5.41) is 0. The van der Waals surface area contributed by atoms with E-state index in [0.29, 0.717) is 0 Å². The number of quaternary nitrogens is 1. The summed E-state index contributed by atoms with van der Waals surface area (Å²) in [5.74, 6) is 0. The Morgan fingerprint density at radius 2 is 0.846 bits per heavy atom. The molecular formula is C19H48NO3Si3+. The van der Waals surface area contributed by atoms with Crippen LogP contribution in [0.4, 0.5) is 0 Å². The van der Waals surface area contributed by atoms with Gasteiger partial charge in [0.2, 0.25) is 0 Å². The summed E-state index contributed by atoms with van der Waals surface area (Å²) < 4.78 is 19.7. The summed E-state index contributed by atoms with van der Waals surface area (Å²) in [6.45, 7) is 29.8. The Bertz CT molecular complexity index is 323. The zero-order chi connectivity index (χ0) is 20.5. The number of hydrogen-bond acceptors (Lipinski definition) is 3. The highest BCUT2D eigenvalue weighted by atomic mass is 28.4. The molecule has 0 atom stereocenters. The molecule has 0 aromatic rings. The lowest BCUT2D eigenvalue weighted by atomic mass is 10.2. The molecule has 0 aliphatic rings. The normalized spacial score (nSPS) is 14.1. The first-order valence-corrected chi connectivity index (χ1v) is 20.7. The van der Waals surface area contributed by atoms with E-state index in [4.69, 9.17) is 13.3 Å². The minimum Gasteiger partial charge on any atom is -0.412 e. The number of rotatable bonds is 15. The van der Waals surface area contributed by atoms with Crippen molar-refractivity contribution < 1.29 is 17.8 Å². The molecule has 0 aliphatic carbocycles. The molecule has 0 saturated carbocycles. The van der Waals surface area contributed by atoms with E-state index in [-0.39, 0.29) is 0 Å². The van der Waals surface area contributed by atoms with Crippen LogP contribution in [-0.4, -0.2) is 75.4 Å². The molecule has 0 bridgehead atoms. The van der Waals surface area contributed by atoms with E-state index in [0.717, 1.165) is 43.9 Å². The maximum Gasteiger partial charge on any atom is 0.184 e. The Labute approximate surface area is 167 Å². The molecule has 0 spiro atoms. The van der Waals surface area contributed by atoms with E-state index in [1.165, 1.54) is 19.4 Å². The molecule has 0 aromatic heterocycles. The molecule has 26 heavy (non-hydrogen) atoms. The van der Waals surface area contributed by atoms with Gasteiger partial charge in [0.25, 0.3) is 0 Å². The molecular weight excluding hydrogens is 374 g/mol. The molecule has 7 heteroatoms. The zero-order valence-electron chi connectivity index (χ0n) is 19.5. The van der Waals surface area contributed by atoms with Crippen molar-refractivity contribution in [3.63, 3.8) is 0 Å². The van der Waals surface area contributed by atoms with Gasteiger partial charge in [-0.2, -0.15) is 0 Å². The monoisotopic (exact) mass is 422 g/mol. The van der Waals surface area contributed by atoms with Crippen LogP contribution in [0.15, 0.2) is 0 Å². The molecule has 0 radical (unpaired) electrons. The highest BCUT2D eigenvalue weighted by Gasteiger charge is 2.29. The fraction of sp³-hybridized carbons (Fsp3) is 1.00. The minimum atomic E-state index is -1.47. The van der Waals surface area contributed by atoms with Crippen LogP contribution >= 0.6 is 0 Å². The molecule has 0 unspecified atom stereocenters. The SMILES string of the molecule is CCCC[N+](CCO[Si](C)(C)C)(CCO[Si](C)(C)C)CCO[Si](C)(C)C. The van der Waals surface area contributed by atoms with Gasteiger partial charge in [-0.1, -0.05) is 13.3 Å². The van der Waals surface area contributed by atoms with Gasteiger partial charge in [0, 0.05) is 0 Å². The molecule has 0 amide bonds. The molecule has 4 nitrogen and oxygen atoms in total. The fourth-order valence-corrected chi connectivity index (χ4v) is 4.91. The Hall–Kier alpha value is 0.491. The van der Waals surface area contributed by atoms with E-state index >= 15 is 0 Å². The Morgan fingerprint density at radius 1 is 0.538 bits per heavy atom. The van der Waals surface area contributed by atoms with Gasteiger partial charge in [0.1, 0.15) is 19.6 Å². The molecule has 0 aromatic carbocycles. The average Bonchev–Trinajstić information content (AvgIpc) is 2.40. The first-order chi connectivity index (χ1) is 11.7. The van der Waals surface area contributed by atoms with Gasteiger partial charge in [0.05, 0.1) is 26.4 Å². The van der Waals surface area contributed by atoms with Crippen molar-refractivity contribution in [1.82, 2.24) is 0 Å². The van der Waals surface area contributed by atoms with E-state index in [2.05, 4.69) is 65.8 Å². The first-order valence-electron chi connectivity index (χ1n) is 10.5. The molecule has 158 valence electrons. The third-order valence-corrected chi connectivity index (χ3v) is 7.50. The second kappa shape index (κ2) is 11.5. The van der Waals surface area contributed by atoms with E-state index in [9.17, 15) is 0 Å². The topological polar surface area (TPSA) is 27.7 Å². The largest absolute Gasteiger partial charge is 0.412 e. The average molecular weight is 423 g/mol. The van der Waals surface area contributed by atoms with E-state index < -0.39 is 25.0 Å². The smallest absolute Gasteiger partial charge is 0.184 e. The lowest BCUT2D eigenvalue weighted by Gasteiger charge is -2.40. The molecule has 0 rings (SSSR count). The van der Waals surface area contributed by atoms with Crippen molar-refractivity contribution in [2.24, 2.45) is 0 Å². The number of unbranched alkanes of at least 4 members (excludes halogenated alkanes) is 1. The zero-order valence-corrected chi connectivity index (χ0v) is 22.5. The summed E-state index contributed by atoms with van der Waals surface area (Å²) >= 11 is 0.